The summed E-state index contributed by atoms with van der Waals surface area (Å²) in [5.41, 5.74) is 7.83. The monoisotopic (exact) mass is 413 g/mol. The Labute approximate surface area is 178 Å². The molecule has 2 aromatic heterocycles. The fourth-order valence-electron chi connectivity index (χ4n) is 4.15. The smallest absolute Gasteiger partial charge is 0.225 e. The van der Waals surface area contributed by atoms with Crippen molar-refractivity contribution in [1.29, 1.82) is 5.26 Å². The molecule has 0 radical (unpaired) electrons. The Morgan fingerprint density at radius 2 is 1.77 bits per heavy atom. The number of nitriles is 1. The van der Waals surface area contributed by atoms with E-state index >= 15 is 0 Å². The zero-order valence-electron chi connectivity index (χ0n) is 16.7. The summed E-state index contributed by atoms with van der Waals surface area (Å²) < 4.78 is 15.0. The van der Waals surface area contributed by atoms with Crippen LogP contribution in [0, 0.1) is 17.1 Å². The number of rotatable bonds is 3. The van der Waals surface area contributed by atoms with Crippen LogP contribution >= 0.6 is 0 Å². The minimum absolute atomic E-state index is 0.211. The number of hydrogen-bond acceptors (Lipinski definition) is 6. The van der Waals surface area contributed by atoms with E-state index < -0.39 is 5.41 Å². The summed E-state index contributed by atoms with van der Waals surface area (Å²) in [6.07, 6.45) is 1.39. The summed E-state index contributed by atoms with van der Waals surface area (Å²) >= 11 is 0. The third-order valence-corrected chi connectivity index (χ3v) is 5.90. The minimum Gasteiger partial charge on any atom is -0.368 e. The Kier molecular flexibility index (Phi) is 4.51. The Bertz CT molecular complexity index is 1280. The van der Waals surface area contributed by atoms with Crippen molar-refractivity contribution < 1.29 is 4.39 Å². The van der Waals surface area contributed by atoms with Crippen LogP contribution in [0.1, 0.15) is 18.4 Å². The molecule has 5 rings (SSSR count). The maximum Gasteiger partial charge on any atom is 0.225 e. The van der Waals surface area contributed by atoms with Crippen molar-refractivity contribution in [2.75, 3.05) is 23.7 Å². The van der Waals surface area contributed by atoms with Gasteiger partial charge in [-0.3, -0.25) is 0 Å². The van der Waals surface area contributed by atoms with Gasteiger partial charge in [-0.15, -0.1) is 5.10 Å². The maximum absolute atomic E-state index is 13.6. The van der Waals surface area contributed by atoms with Crippen molar-refractivity contribution in [1.82, 2.24) is 19.6 Å². The van der Waals surface area contributed by atoms with Crippen molar-refractivity contribution in [2.24, 2.45) is 0 Å². The molecule has 0 bridgehead atoms. The largest absolute Gasteiger partial charge is 0.368 e. The van der Waals surface area contributed by atoms with E-state index in [0.29, 0.717) is 48.8 Å². The second-order valence-electron chi connectivity index (χ2n) is 7.74. The van der Waals surface area contributed by atoms with Crippen LogP contribution in [0.25, 0.3) is 17.0 Å². The van der Waals surface area contributed by atoms with Crippen LogP contribution in [0.3, 0.4) is 0 Å². The highest BCUT2D eigenvalue weighted by molar-refractivity contribution is 5.62. The van der Waals surface area contributed by atoms with Crippen LogP contribution in [0.2, 0.25) is 0 Å². The molecule has 8 heteroatoms. The first-order chi connectivity index (χ1) is 15.1. The molecule has 1 aliphatic rings. The number of nitrogens with two attached hydrogens (primary N) is 1. The topological polar surface area (TPSA) is 96.1 Å². The Morgan fingerprint density at radius 3 is 2.48 bits per heavy atom. The van der Waals surface area contributed by atoms with Crippen LogP contribution in [0.5, 0.6) is 0 Å². The molecule has 0 aliphatic carbocycles. The van der Waals surface area contributed by atoms with Gasteiger partial charge in [0, 0.05) is 24.7 Å². The number of nitrogens with zero attached hydrogens (tertiary/aromatic N) is 6. The molecule has 0 unspecified atom stereocenters. The Hall–Kier alpha value is -3.99. The fourth-order valence-corrected chi connectivity index (χ4v) is 4.15. The zero-order chi connectivity index (χ0) is 21.4. The van der Waals surface area contributed by atoms with Crippen molar-refractivity contribution in [2.45, 2.75) is 18.3 Å². The predicted octanol–water partition coefficient (Wildman–Crippen LogP) is 3.57. The van der Waals surface area contributed by atoms with Crippen LogP contribution < -0.4 is 10.6 Å². The molecular weight excluding hydrogens is 393 g/mol. The fraction of sp³-hybridized carbons (Fsp3) is 0.217. The summed E-state index contributed by atoms with van der Waals surface area (Å²) in [6.45, 7) is 1.35. The van der Waals surface area contributed by atoms with E-state index in [-0.39, 0.29) is 11.8 Å². The number of nitrogen functional groups attached to an aromatic ring is 1. The van der Waals surface area contributed by atoms with Gasteiger partial charge in [0.25, 0.3) is 0 Å². The third-order valence-electron chi connectivity index (χ3n) is 5.90. The van der Waals surface area contributed by atoms with Crippen molar-refractivity contribution in [3.8, 4) is 17.5 Å². The van der Waals surface area contributed by atoms with Gasteiger partial charge in [-0.05, 0) is 30.5 Å². The molecule has 1 aliphatic heterocycles. The molecule has 0 saturated carbocycles. The number of fused-ring (bicyclic) bond motifs is 1. The Balaban J connectivity index is 1.43. The number of anilines is 2. The molecule has 154 valence electrons. The van der Waals surface area contributed by atoms with Crippen molar-refractivity contribution in [3.63, 3.8) is 0 Å². The van der Waals surface area contributed by atoms with Gasteiger partial charge in [0.1, 0.15) is 11.6 Å². The van der Waals surface area contributed by atoms with Gasteiger partial charge in [0.2, 0.25) is 5.95 Å². The van der Waals surface area contributed by atoms with E-state index in [0.717, 1.165) is 5.56 Å². The number of hydrogen-bond donors (Lipinski definition) is 1. The molecule has 2 N–H and O–H groups in total. The SMILES string of the molecule is N#CC1(c2ccccc2)CCN(c2cc3nc(-c4cccc(F)c4)nn3c(N)n2)CC1. The van der Waals surface area contributed by atoms with Gasteiger partial charge in [-0.25, -0.2) is 9.37 Å². The average molecular weight is 413 g/mol. The summed E-state index contributed by atoms with van der Waals surface area (Å²) in [4.78, 5) is 11.1. The van der Waals surface area contributed by atoms with E-state index in [9.17, 15) is 9.65 Å². The first-order valence-corrected chi connectivity index (χ1v) is 10.1. The lowest BCUT2D eigenvalue weighted by Gasteiger charge is -2.38. The minimum atomic E-state index is -0.493. The molecule has 31 heavy (non-hydrogen) atoms. The highest BCUT2D eigenvalue weighted by Gasteiger charge is 2.37. The third kappa shape index (κ3) is 3.34. The predicted molar refractivity (Wildman–Crippen MR) is 116 cm³/mol. The molecule has 0 spiro atoms. The normalized spacial score (nSPS) is 15.7. The molecule has 4 aromatic rings. The van der Waals surface area contributed by atoms with Crippen LogP contribution in [0.15, 0.2) is 60.7 Å². The summed E-state index contributed by atoms with van der Waals surface area (Å²) in [5.74, 6) is 0.942. The quantitative estimate of drug-likeness (QED) is 0.552. The van der Waals surface area contributed by atoms with Gasteiger partial charge >= 0.3 is 0 Å². The Morgan fingerprint density at radius 1 is 1.00 bits per heavy atom. The van der Waals surface area contributed by atoms with Crippen LogP contribution in [0.4, 0.5) is 16.2 Å². The molecule has 0 atom stereocenters. The first-order valence-electron chi connectivity index (χ1n) is 10.1. The molecule has 2 aromatic carbocycles. The lowest BCUT2D eigenvalue weighted by Crippen LogP contribution is -2.42. The molecule has 1 fully saturated rings. The maximum atomic E-state index is 13.6. The molecular formula is C23H20FN7. The van der Waals surface area contributed by atoms with Gasteiger partial charge in [0.05, 0.1) is 11.5 Å². The van der Waals surface area contributed by atoms with Crippen molar-refractivity contribution >= 4 is 17.4 Å². The number of halogens is 1. The highest BCUT2D eigenvalue weighted by Crippen LogP contribution is 2.36. The van der Waals surface area contributed by atoms with Gasteiger partial charge in [0.15, 0.2) is 11.5 Å². The van der Waals surface area contributed by atoms with Crippen LogP contribution in [-0.4, -0.2) is 32.7 Å². The van der Waals surface area contributed by atoms with E-state index in [1.165, 1.54) is 16.6 Å². The number of aromatic nitrogens is 4. The van der Waals surface area contributed by atoms with E-state index in [4.69, 9.17) is 5.73 Å². The summed E-state index contributed by atoms with van der Waals surface area (Å²) in [7, 11) is 0. The van der Waals surface area contributed by atoms with Gasteiger partial charge in [-0.2, -0.15) is 14.8 Å². The standard InChI is InChI=1S/C23H20FN7/c24-18-8-4-5-16(13-18)21-27-20-14-19(28-22(26)31(20)29-21)30-11-9-23(15-25,10-12-30)17-6-2-1-3-7-17/h1-8,13-14H,9-12H2,(H2,26,28). The van der Waals surface area contributed by atoms with Crippen LogP contribution in [-0.2, 0) is 5.41 Å². The average Bonchev–Trinajstić information content (AvgIpc) is 3.25. The second kappa shape index (κ2) is 7.36. The number of piperidine rings is 1. The van der Waals surface area contributed by atoms with Gasteiger partial charge < -0.3 is 10.6 Å². The molecule has 3 heterocycles. The van der Waals surface area contributed by atoms with E-state index in [2.05, 4.69) is 26.0 Å². The summed E-state index contributed by atoms with van der Waals surface area (Å²) in [6, 6.07) is 20.4. The van der Waals surface area contributed by atoms with E-state index in [1.54, 1.807) is 12.1 Å². The first kappa shape index (κ1) is 19.0. The lowest BCUT2D eigenvalue weighted by molar-refractivity contribution is 0.414. The van der Waals surface area contributed by atoms with Gasteiger partial charge in [-0.1, -0.05) is 42.5 Å². The lowest BCUT2D eigenvalue weighted by atomic mass is 9.74. The summed E-state index contributed by atoms with van der Waals surface area (Å²) in [5, 5.41) is 14.3. The molecule has 7 nitrogen and oxygen atoms in total. The second-order valence-corrected chi connectivity index (χ2v) is 7.74. The molecule has 0 amide bonds. The van der Waals surface area contributed by atoms with Crippen molar-refractivity contribution in [3.05, 3.63) is 72.0 Å². The number of benzene rings is 2. The van der Waals surface area contributed by atoms with E-state index in [1.807, 2.05) is 36.4 Å². The highest BCUT2D eigenvalue weighted by atomic mass is 19.1. The molecule has 1 saturated heterocycles. The zero-order valence-corrected chi connectivity index (χ0v) is 16.7.